The van der Waals surface area contributed by atoms with Crippen LogP contribution < -0.4 is 10.9 Å². The molecular formula is C31H27N3O4S. The first kappa shape index (κ1) is 26.1. The minimum atomic E-state index is -0.637. The molecule has 0 unspecified atom stereocenters. The summed E-state index contributed by atoms with van der Waals surface area (Å²) in [6.45, 7) is 6.04. The molecule has 0 bridgehead atoms. The first-order valence-electron chi connectivity index (χ1n) is 12.7. The van der Waals surface area contributed by atoms with Gasteiger partial charge in [-0.1, -0.05) is 68.4 Å². The van der Waals surface area contributed by atoms with Crippen LogP contribution in [0.5, 0.6) is 0 Å². The Morgan fingerprint density at radius 1 is 0.949 bits per heavy atom. The molecule has 5 rings (SSSR count). The van der Waals surface area contributed by atoms with Crippen molar-refractivity contribution in [2.45, 2.75) is 26.7 Å². The number of hydrogen-bond acceptors (Lipinski definition) is 6. The summed E-state index contributed by atoms with van der Waals surface area (Å²) < 4.78 is 6.42. The van der Waals surface area contributed by atoms with Gasteiger partial charge in [0.2, 0.25) is 0 Å². The van der Waals surface area contributed by atoms with Gasteiger partial charge in [-0.3, -0.25) is 9.59 Å². The average Bonchev–Trinajstić information content (AvgIpc) is 3.38. The molecule has 0 radical (unpaired) electrons. The zero-order valence-corrected chi connectivity index (χ0v) is 22.6. The SMILES string of the molecule is CCOC(=O)c1nn(-c2ccc(C(C)C)cc2)c(=O)c2c(NC(=O)c3ccc(-c4ccccc4)cc3)scc12. The number of hydrogen-bond donors (Lipinski definition) is 1. The van der Waals surface area contributed by atoms with Gasteiger partial charge >= 0.3 is 5.97 Å². The lowest BCUT2D eigenvalue weighted by atomic mass is 10.0. The summed E-state index contributed by atoms with van der Waals surface area (Å²) in [5.74, 6) is -0.677. The largest absolute Gasteiger partial charge is 0.461 e. The van der Waals surface area contributed by atoms with Crippen molar-refractivity contribution in [3.63, 3.8) is 0 Å². The van der Waals surface area contributed by atoms with E-state index in [0.717, 1.165) is 16.7 Å². The van der Waals surface area contributed by atoms with Crippen molar-refractivity contribution in [3.05, 3.63) is 111 Å². The van der Waals surface area contributed by atoms with E-state index >= 15 is 0 Å². The van der Waals surface area contributed by atoms with E-state index in [1.807, 2.05) is 54.6 Å². The maximum atomic E-state index is 13.7. The fourth-order valence-corrected chi connectivity index (χ4v) is 5.22. The molecule has 0 aliphatic heterocycles. The number of nitrogens with one attached hydrogen (secondary N) is 1. The third-order valence-corrected chi connectivity index (χ3v) is 7.30. The first-order valence-corrected chi connectivity index (χ1v) is 13.5. The Labute approximate surface area is 229 Å². The van der Waals surface area contributed by atoms with Gasteiger partial charge in [0, 0.05) is 16.3 Å². The molecule has 3 aromatic carbocycles. The number of ether oxygens (including phenoxy) is 1. The van der Waals surface area contributed by atoms with Crippen molar-refractivity contribution in [2.75, 3.05) is 11.9 Å². The highest BCUT2D eigenvalue weighted by atomic mass is 32.1. The molecule has 39 heavy (non-hydrogen) atoms. The second-order valence-corrected chi connectivity index (χ2v) is 10.2. The van der Waals surface area contributed by atoms with E-state index in [4.69, 9.17) is 4.74 Å². The quantitative estimate of drug-likeness (QED) is 0.234. The third-order valence-electron chi connectivity index (χ3n) is 6.41. The van der Waals surface area contributed by atoms with Gasteiger partial charge < -0.3 is 10.1 Å². The van der Waals surface area contributed by atoms with Crippen LogP contribution >= 0.6 is 11.3 Å². The van der Waals surface area contributed by atoms with Crippen molar-refractivity contribution in [1.82, 2.24) is 9.78 Å². The standard InChI is InChI=1S/C31H27N3O4S/c1-4-38-31(37)27-25-18-39-29(26(25)30(36)34(33-27)24-16-14-20(15-17-24)19(2)3)32-28(35)23-12-10-22(11-13-23)21-8-6-5-7-9-21/h5-19H,4H2,1-3H3,(H,32,35). The summed E-state index contributed by atoms with van der Waals surface area (Å²) in [6.07, 6.45) is 0. The van der Waals surface area contributed by atoms with Gasteiger partial charge in [0.05, 0.1) is 17.7 Å². The molecule has 2 aromatic heterocycles. The maximum Gasteiger partial charge on any atom is 0.359 e. The van der Waals surface area contributed by atoms with E-state index < -0.39 is 11.5 Å². The zero-order valence-electron chi connectivity index (χ0n) is 21.8. The number of aromatic nitrogens is 2. The highest BCUT2D eigenvalue weighted by Gasteiger charge is 2.23. The minimum absolute atomic E-state index is 0.0170. The first-order chi connectivity index (χ1) is 18.9. The summed E-state index contributed by atoms with van der Waals surface area (Å²) in [5, 5.41) is 9.78. The zero-order chi connectivity index (χ0) is 27.5. The lowest BCUT2D eigenvalue weighted by Crippen LogP contribution is -2.25. The average molecular weight is 538 g/mol. The molecule has 0 atom stereocenters. The highest BCUT2D eigenvalue weighted by Crippen LogP contribution is 2.31. The number of amides is 1. The smallest absolute Gasteiger partial charge is 0.359 e. The lowest BCUT2D eigenvalue weighted by Gasteiger charge is -2.11. The summed E-state index contributed by atoms with van der Waals surface area (Å²) in [7, 11) is 0. The summed E-state index contributed by atoms with van der Waals surface area (Å²) in [6, 6.07) is 24.6. The molecule has 0 aliphatic carbocycles. The lowest BCUT2D eigenvalue weighted by molar-refractivity contribution is 0.0520. The topological polar surface area (TPSA) is 90.3 Å². The predicted molar refractivity (Wildman–Crippen MR) is 155 cm³/mol. The molecule has 196 valence electrons. The summed E-state index contributed by atoms with van der Waals surface area (Å²) in [5.41, 5.74) is 3.69. The Hall–Kier alpha value is -4.56. The van der Waals surface area contributed by atoms with Gasteiger partial charge in [-0.15, -0.1) is 11.3 Å². The number of carbonyl (C=O) groups is 2. The van der Waals surface area contributed by atoms with Gasteiger partial charge in [0.25, 0.3) is 11.5 Å². The summed E-state index contributed by atoms with van der Waals surface area (Å²) >= 11 is 1.17. The van der Waals surface area contributed by atoms with E-state index in [9.17, 15) is 14.4 Å². The molecular weight excluding hydrogens is 510 g/mol. The Kier molecular flexibility index (Phi) is 7.38. The molecule has 0 fully saturated rings. The number of anilines is 1. The Balaban J connectivity index is 1.54. The van der Waals surface area contributed by atoms with E-state index in [1.165, 1.54) is 16.0 Å². The monoisotopic (exact) mass is 537 g/mol. The summed E-state index contributed by atoms with van der Waals surface area (Å²) in [4.78, 5) is 39.7. The fraction of sp³-hybridized carbons (Fsp3) is 0.161. The number of nitrogens with zero attached hydrogens (tertiary/aromatic N) is 2. The van der Waals surface area contributed by atoms with Crippen molar-refractivity contribution < 1.29 is 14.3 Å². The van der Waals surface area contributed by atoms with E-state index in [-0.39, 0.29) is 23.6 Å². The molecule has 0 spiro atoms. The van der Waals surface area contributed by atoms with Crippen LogP contribution in [-0.4, -0.2) is 28.3 Å². The molecule has 8 heteroatoms. The van der Waals surface area contributed by atoms with Crippen molar-refractivity contribution in [1.29, 1.82) is 0 Å². The molecule has 1 amide bonds. The van der Waals surface area contributed by atoms with Gasteiger partial charge in [-0.2, -0.15) is 9.78 Å². The van der Waals surface area contributed by atoms with Gasteiger partial charge in [0.15, 0.2) is 5.69 Å². The second kappa shape index (κ2) is 11.0. The van der Waals surface area contributed by atoms with Gasteiger partial charge in [-0.05, 0) is 53.8 Å². The van der Waals surface area contributed by atoms with Crippen molar-refractivity contribution in [2.24, 2.45) is 0 Å². The van der Waals surface area contributed by atoms with Gasteiger partial charge in [0.1, 0.15) is 5.00 Å². The molecule has 0 aliphatic rings. The van der Waals surface area contributed by atoms with Crippen LogP contribution in [0.3, 0.4) is 0 Å². The van der Waals surface area contributed by atoms with E-state index in [1.54, 1.807) is 36.6 Å². The number of fused-ring (bicyclic) bond motifs is 1. The van der Waals surface area contributed by atoms with Gasteiger partial charge in [-0.25, -0.2) is 4.79 Å². The van der Waals surface area contributed by atoms with Crippen molar-refractivity contribution >= 4 is 39.0 Å². The molecule has 5 aromatic rings. The number of benzene rings is 3. The van der Waals surface area contributed by atoms with Crippen LogP contribution in [0.2, 0.25) is 0 Å². The normalized spacial score (nSPS) is 11.1. The van der Waals surface area contributed by atoms with Crippen LogP contribution in [0, 0.1) is 0 Å². The highest BCUT2D eigenvalue weighted by molar-refractivity contribution is 7.16. The van der Waals surface area contributed by atoms with Crippen molar-refractivity contribution in [3.8, 4) is 16.8 Å². The molecule has 1 N–H and O–H groups in total. The number of carbonyl (C=O) groups excluding carboxylic acids is 2. The Bertz CT molecular complexity index is 1700. The Morgan fingerprint density at radius 2 is 1.62 bits per heavy atom. The van der Waals surface area contributed by atoms with E-state index in [2.05, 4.69) is 24.3 Å². The Morgan fingerprint density at radius 3 is 2.26 bits per heavy atom. The predicted octanol–water partition coefficient (Wildman–Crippen LogP) is 6.67. The molecule has 2 heterocycles. The number of rotatable bonds is 7. The van der Waals surface area contributed by atoms with Crippen LogP contribution in [0.15, 0.2) is 89.0 Å². The van der Waals surface area contributed by atoms with Crippen LogP contribution in [-0.2, 0) is 4.74 Å². The minimum Gasteiger partial charge on any atom is -0.461 e. The second-order valence-electron chi connectivity index (χ2n) is 9.28. The molecule has 0 saturated carbocycles. The van der Waals surface area contributed by atoms with Crippen LogP contribution in [0.25, 0.3) is 27.6 Å². The van der Waals surface area contributed by atoms with E-state index in [0.29, 0.717) is 27.6 Å². The molecule has 7 nitrogen and oxygen atoms in total. The maximum absolute atomic E-state index is 13.7. The van der Waals surface area contributed by atoms with Crippen LogP contribution in [0.4, 0.5) is 5.00 Å². The fourth-order valence-electron chi connectivity index (χ4n) is 4.29. The third kappa shape index (κ3) is 5.24. The number of esters is 1. The number of thiophene rings is 1. The van der Waals surface area contributed by atoms with Crippen LogP contribution in [0.1, 0.15) is 53.1 Å². The molecule has 0 saturated heterocycles.